The summed E-state index contributed by atoms with van der Waals surface area (Å²) < 4.78 is 26.7. The van der Waals surface area contributed by atoms with Gasteiger partial charge in [-0.2, -0.15) is 0 Å². The molecule has 0 fully saturated rings. The minimum atomic E-state index is -3.80. The van der Waals surface area contributed by atoms with Crippen molar-refractivity contribution in [1.29, 1.82) is 0 Å². The van der Waals surface area contributed by atoms with Crippen LogP contribution in [0.2, 0.25) is 0 Å². The molecule has 1 aromatic heterocycles. The van der Waals surface area contributed by atoms with Crippen LogP contribution in [0.4, 0.5) is 0 Å². The van der Waals surface area contributed by atoms with E-state index in [1.54, 1.807) is 13.1 Å². The summed E-state index contributed by atoms with van der Waals surface area (Å²) in [6.07, 6.45) is 3.10. The summed E-state index contributed by atoms with van der Waals surface area (Å²) in [5, 5.41) is 8.92. The van der Waals surface area contributed by atoms with Gasteiger partial charge in [0.2, 0.25) is 10.0 Å². The molecular formula is C12H13N3O4S. The quantitative estimate of drug-likeness (QED) is 0.758. The summed E-state index contributed by atoms with van der Waals surface area (Å²) in [7, 11) is -3.80. The van der Waals surface area contributed by atoms with Crippen LogP contribution in [-0.4, -0.2) is 29.5 Å². The van der Waals surface area contributed by atoms with Crippen molar-refractivity contribution in [2.45, 2.75) is 18.4 Å². The Hall–Kier alpha value is -2.19. The smallest absolute Gasteiger partial charge is 0.335 e. The third kappa shape index (κ3) is 3.03. The Bertz CT molecular complexity index is 723. The highest BCUT2D eigenvalue weighted by Gasteiger charge is 2.19. The molecule has 106 valence electrons. The Morgan fingerprint density at radius 1 is 1.45 bits per heavy atom. The van der Waals surface area contributed by atoms with Gasteiger partial charge in [-0.15, -0.1) is 0 Å². The molecule has 0 radical (unpaired) electrons. The van der Waals surface area contributed by atoms with E-state index in [9.17, 15) is 13.2 Å². The summed E-state index contributed by atoms with van der Waals surface area (Å²) in [6.45, 7) is 1.61. The number of sulfonamides is 1. The molecule has 0 aliphatic rings. The first-order valence-electron chi connectivity index (χ1n) is 5.72. The van der Waals surface area contributed by atoms with E-state index in [4.69, 9.17) is 5.11 Å². The average molecular weight is 295 g/mol. The predicted molar refractivity (Wildman–Crippen MR) is 70.8 cm³/mol. The fourth-order valence-corrected chi connectivity index (χ4v) is 2.91. The molecule has 20 heavy (non-hydrogen) atoms. The van der Waals surface area contributed by atoms with Gasteiger partial charge in [-0.25, -0.2) is 22.9 Å². The number of nitrogens with one attached hydrogen (secondary N) is 2. The third-order valence-corrected chi connectivity index (χ3v) is 4.25. The van der Waals surface area contributed by atoms with Gasteiger partial charge in [-0.05, 0) is 24.6 Å². The molecule has 0 bridgehead atoms. The summed E-state index contributed by atoms with van der Waals surface area (Å²) in [5.74, 6) is -0.701. The Labute approximate surface area is 115 Å². The van der Waals surface area contributed by atoms with E-state index in [2.05, 4.69) is 14.7 Å². The standard InChI is InChI=1S/C12H13N3O4S/c1-8-2-3-9(12(16)17)6-10(8)20(18,19)15-7-11-13-4-5-14-11/h2-6,15H,7H2,1H3,(H,13,14)(H,16,17). The normalized spacial score (nSPS) is 11.4. The zero-order chi connectivity index (χ0) is 14.8. The van der Waals surface area contributed by atoms with Gasteiger partial charge in [-0.3, -0.25) is 0 Å². The van der Waals surface area contributed by atoms with Gasteiger partial charge in [-0.1, -0.05) is 6.07 Å². The van der Waals surface area contributed by atoms with Gasteiger partial charge in [0.25, 0.3) is 0 Å². The van der Waals surface area contributed by atoms with Gasteiger partial charge < -0.3 is 10.1 Å². The zero-order valence-corrected chi connectivity index (χ0v) is 11.4. The molecule has 0 unspecified atom stereocenters. The van der Waals surface area contributed by atoms with Gasteiger partial charge in [0.1, 0.15) is 5.82 Å². The van der Waals surface area contributed by atoms with Crippen molar-refractivity contribution in [3.05, 3.63) is 47.5 Å². The largest absolute Gasteiger partial charge is 0.478 e. The van der Waals surface area contributed by atoms with Crippen molar-refractivity contribution in [3.8, 4) is 0 Å². The maximum absolute atomic E-state index is 12.2. The summed E-state index contributed by atoms with van der Waals surface area (Å²) >= 11 is 0. The molecule has 1 aromatic carbocycles. The molecule has 0 saturated carbocycles. The van der Waals surface area contributed by atoms with Crippen molar-refractivity contribution < 1.29 is 18.3 Å². The van der Waals surface area contributed by atoms with Crippen molar-refractivity contribution in [2.24, 2.45) is 0 Å². The number of benzene rings is 1. The number of carboxylic acid groups (broad SMARTS) is 1. The topological polar surface area (TPSA) is 112 Å². The molecule has 3 N–H and O–H groups in total. The number of H-pyrrole nitrogens is 1. The molecule has 1 heterocycles. The number of hydrogen-bond acceptors (Lipinski definition) is 4. The fraction of sp³-hybridized carbons (Fsp3) is 0.167. The fourth-order valence-electron chi connectivity index (χ4n) is 1.66. The van der Waals surface area contributed by atoms with Crippen molar-refractivity contribution in [1.82, 2.24) is 14.7 Å². The van der Waals surface area contributed by atoms with Crippen molar-refractivity contribution in [2.75, 3.05) is 0 Å². The number of nitrogens with zero attached hydrogens (tertiary/aromatic N) is 1. The van der Waals surface area contributed by atoms with Crippen LogP contribution in [0, 0.1) is 6.92 Å². The number of imidazole rings is 1. The van der Waals surface area contributed by atoms with E-state index in [1.165, 1.54) is 18.3 Å². The number of aromatic nitrogens is 2. The first kappa shape index (κ1) is 14.2. The number of carbonyl (C=O) groups is 1. The van der Waals surface area contributed by atoms with Crippen LogP contribution in [0.3, 0.4) is 0 Å². The maximum atomic E-state index is 12.2. The van der Waals surface area contributed by atoms with E-state index >= 15 is 0 Å². The third-order valence-electron chi connectivity index (χ3n) is 2.71. The lowest BCUT2D eigenvalue weighted by Gasteiger charge is -2.09. The molecule has 0 saturated heterocycles. The lowest BCUT2D eigenvalue weighted by atomic mass is 10.1. The summed E-state index contributed by atoms with van der Waals surface area (Å²) in [4.78, 5) is 17.5. The van der Waals surface area contributed by atoms with Gasteiger partial charge >= 0.3 is 5.97 Å². The van der Waals surface area contributed by atoms with E-state index < -0.39 is 16.0 Å². The Morgan fingerprint density at radius 2 is 2.20 bits per heavy atom. The Balaban J connectivity index is 2.28. The van der Waals surface area contributed by atoms with Crippen LogP contribution in [0.1, 0.15) is 21.7 Å². The minimum Gasteiger partial charge on any atom is -0.478 e. The molecule has 0 amide bonds. The number of aryl methyl sites for hydroxylation is 1. The summed E-state index contributed by atoms with van der Waals surface area (Å²) in [6, 6.07) is 3.97. The molecule has 0 atom stereocenters. The number of hydrogen-bond donors (Lipinski definition) is 3. The number of aromatic carboxylic acids is 1. The lowest BCUT2D eigenvalue weighted by Crippen LogP contribution is -2.24. The van der Waals surface area contributed by atoms with E-state index in [0.717, 1.165) is 6.07 Å². The van der Waals surface area contributed by atoms with E-state index in [-0.39, 0.29) is 17.0 Å². The Kier molecular flexibility index (Phi) is 3.86. The Morgan fingerprint density at radius 3 is 2.80 bits per heavy atom. The second-order valence-corrected chi connectivity index (χ2v) is 5.88. The second-order valence-electron chi connectivity index (χ2n) is 4.15. The van der Waals surface area contributed by atoms with Crippen LogP contribution in [0.15, 0.2) is 35.5 Å². The van der Waals surface area contributed by atoms with E-state index in [0.29, 0.717) is 11.4 Å². The van der Waals surface area contributed by atoms with Gasteiger partial charge in [0.15, 0.2) is 0 Å². The highest BCUT2D eigenvalue weighted by atomic mass is 32.2. The maximum Gasteiger partial charge on any atom is 0.335 e. The highest BCUT2D eigenvalue weighted by molar-refractivity contribution is 7.89. The monoisotopic (exact) mass is 295 g/mol. The van der Waals surface area contributed by atoms with Crippen molar-refractivity contribution in [3.63, 3.8) is 0 Å². The number of aromatic amines is 1. The van der Waals surface area contributed by atoms with Crippen molar-refractivity contribution >= 4 is 16.0 Å². The average Bonchev–Trinajstić information content (AvgIpc) is 2.89. The molecule has 0 aliphatic carbocycles. The summed E-state index contributed by atoms with van der Waals surface area (Å²) in [5.41, 5.74) is 0.399. The molecule has 2 aromatic rings. The molecule has 0 spiro atoms. The van der Waals surface area contributed by atoms with Crippen LogP contribution in [-0.2, 0) is 16.6 Å². The second kappa shape index (κ2) is 5.43. The minimum absolute atomic E-state index is 0.00602. The first-order chi connectivity index (χ1) is 9.40. The van der Waals surface area contributed by atoms with Crippen LogP contribution in [0.25, 0.3) is 0 Å². The van der Waals surface area contributed by atoms with Gasteiger partial charge in [0.05, 0.1) is 17.0 Å². The zero-order valence-electron chi connectivity index (χ0n) is 10.6. The molecule has 7 nitrogen and oxygen atoms in total. The van der Waals surface area contributed by atoms with Gasteiger partial charge in [0, 0.05) is 12.4 Å². The van der Waals surface area contributed by atoms with Crippen LogP contribution < -0.4 is 4.72 Å². The molecule has 2 rings (SSSR count). The number of rotatable bonds is 5. The molecule has 8 heteroatoms. The lowest BCUT2D eigenvalue weighted by molar-refractivity contribution is 0.0696. The van der Waals surface area contributed by atoms with E-state index in [1.807, 2.05) is 0 Å². The molecular weight excluding hydrogens is 282 g/mol. The van der Waals surface area contributed by atoms with Crippen LogP contribution in [0.5, 0.6) is 0 Å². The predicted octanol–water partition coefficient (Wildman–Crippen LogP) is 0.895. The highest BCUT2D eigenvalue weighted by Crippen LogP contribution is 2.17. The first-order valence-corrected chi connectivity index (χ1v) is 7.20. The molecule has 0 aliphatic heterocycles. The van der Waals surface area contributed by atoms with Crippen LogP contribution >= 0.6 is 0 Å². The number of carboxylic acids is 1. The SMILES string of the molecule is Cc1ccc(C(=O)O)cc1S(=O)(=O)NCc1ncc[nH]1.